The molecule has 3 unspecified atom stereocenters. The normalized spacial score (nSPS) is 28.3. The summed E-state index contributed by atoms with van der Waals surface area (Å²) in [5.41, 5.74) is 0. The summed E-state index contributed by atoms with van der Waals surface area (Å²) in [6.45, 7) is 4.59. The lowest BCUT2D eigenvalue weighted by Crippen LogP contribution is -2.43. The van der Waals surface area contributed by atoms with E-state index in [9.17, 15) is 5.11 Å². The van der Waals surface area contributed by atoms with Crippen molar-refractivity contribution in [3.05, 3.63) is 0 Å². The van der Waals surface area contributed by atoms with Gasteiger partial charge in [-0.3, -0.25) is 0 Å². The summed E-state index contributed by atoms with van der Waals surface area (Å²) in [5.74, 6) is 1.45. The molecule has 0 amide bonds. The minimum absolute atomic E-state index is 0.178. The van der Waals surface area contributed by atoms with Gasteiger partial charge in [0.15, 0.2) is 0 Å². The molecule has 16 heavy (non-hydrogen) atoms. The molecule has 0 spiro atoms. The van der Waals surface area contributed by atoms with Crippen molar-refractivity contribution in [2.24, 2.45) is 5.92 Å². The van der Waals surface area contributed by atoms with Crippen LogP contribution in [-0.2, 0) is 4.74 Å². The second-order valence-electron chi connectivity index (χ2n) is 4.65. The van der Waals surface area contributed by atoms with Crippen molar-refractivity contribution < 1.29 is 9.84 Å². The Labute approximate surface area is 104 Å². The lowest BCUT2D eigenvalue weighted by atomic mass is 9.97. The Kier molecular flexibility index (Phi) is 6.73. The molecule has 0 aromatic carbocycles. The predicted molar refractivity (Wildman–Crippen MR) is 70.0 cm³/mol. The molecular formula is C12H25NO2S. The minimum atomic E-state index is -0.178. The van der Waals surface area contributed by atoms with E-state index in [1.165, 1.54) is 6.42 Å². The monoisotopic (exact) mass is 247 g/mol. The molecular weight excluding hydrogens is 222 g/mol. The smallest absolute Gasteiger partial charge is 0.0624 e. The number of thioether (sulfide) groups is 1. The van der Waals surface area contributed by atoms with Gasteiger partial charge in [-0.05, 0) is 26.1 Å². The highest BCUT2D eigenvalue weighted by atomic mass is 32.2. The van der Waals surface area contributed by atoms with Gasteiger partial charge < -0.3 is 14.7 Å². The van der Waals surface area contributed by atoms with E-state index in [0.29, 0.717) is 19.3 Å². The Morgan fingerprint density at radius 1 is 1.56 bits per heavy atom. The van der Waals surface area contributed by atoms with Crippen LogP contribution >= 0.6 is 11.8 Å². The van der Waals surface area contributed by atoms with Gasteiger partial charge in [0.2, 0.25) is 0 Å². The van der Waals surface area contributed by atoms with Gasteiger partial charge in [-0.15, -0.1) is 0 Å². The van der Waals surface area contributed by atoms with E-state index in [1.54, 1.807) is 0 Å². The summed E-state index contributed by atoms with van der Waals surface area (Å²) in [4.78, 5) is 2.37. The average Bonchev–Trinajstić information content (AvgIpc) is 2.29. The average molecular weight is 247 g/mol. The van der Waals surface area contributed by atoms with Crippen molar-refractivity contribution >= 4 is 11.8 Å². The summed E-state index contributed by atoms with van der Waals surface area (Å²) < 4.78 is 5.43. The molecule has 96 valence electrons. The third-order valence-electron chi connectivity index (χ3n) is 3.41. The lowest BCUT2D eigenvalue weighted by molar-refractivity contribution is -0.0471. The highest BCUT2D eigenvalue weighted by Crippen LogP contribution is 2.18. The first kappa shape index (κ1) is 14.3. The molecule has 0 radical (unpaired) electrons. The Morgan fingerprint density at radius 3 is 2.88 bits per heavy atom. The summed E-state index contributed by atoms with van der Waals surface area (Å²) in [5, 5.41) is 9.89. The Balaban J connectivity index is 2.38. The van der Waals surface area contributed by atoms with Crippen LogP contribution in [0.4, 0.5) is 0 Å². The second-order valence-corrected chi connectivity index (χ2v) is 5.56. The third kappa shape index (κ3) is 4.24. The SMILES string of the molecule is CCC(CSC)N(C)CC1COCCC1O. The molecule has 0 saturated carbocycles. The van der Waals surface area contributed by atoms with Crippen LogP contribution in [0.1, 0.15) is 19.8 Å². The molecule has 1 rings (SSSR count). The quantitative estimate of drug-likeness (QED) is 0.770. The van der Waals surface area contributed by atoms with Crippen LogP contribution in [0.2, 0.25) is 0 Å². The third-order valence-corrected chi connectivity index (χ3v) is 4.13. The van der Waals surface area contributed by atoms with Crippen LogP contribution < -0.4 is 0 Å². The molecule has 0 bridgehead atoms. The number of nitrogens with zero attached hydrogens (tertiary/aromatic N) is 1. The van der Waals surface area contributed by atoms with Crippen LogP contribution in [0, 0.1) is 5.92 Å². The Morgan fingerprint density at radius 2 is 2.31 bits per heavy atom. The van der Waals surface area contributed by atoms with Crippen molar-refractivity contribution in [1.29, 1.82) is 0 Å². The van der Waals surface area contributed by atoms with Crippen molar-refractivity contribution in [3.8, 4) is 0 Å². The number of hydrogen-bond acceptors (Lipinski definition) is 4. The van der Waals surface area contributed by atoms with Crippen LogP contribution in [0.25, 0.3) is 0 Å². The van der Waals surface area contributed by atoms with Gasteiger partial charge in [0, 0.05) is 30.9 Å². The van der Waals surface area contributed by atoms with Gasteiger partial charge in [-0.25, -0.2) is 0 Å². The van der Waals surface area contributed by atoms with Crippen molar-refractivity contribution in [1.82, 2.24) is 4.90 Å². The fraction of sp³-hybridized carbons (Fsp3) is 1.00. The Hall–Kier alpha value is 0.230. The molecule has 0 aromatic heterocycles. The topological polar surface area (TPSA) is 32.7 Å². The van der Waals surface area contributed by atoms with Crippen molar-refractivity contribution in [3.63, 3.8) is 0 Å². The number of ether oxygens (including phenoxy) is 1. The highest BCUT2D eigenvalue weighted by molar-refractivity contribution is 7.98. The minimum Gasteiger partial charge on any atom is -0.393 e. The zero-order valence-corrected chi connectivity index (χ0v) is 11.5. The molecule has 4 heteroatoms. The molecule has 1 aliphatic heterocycles. The Bertz CT molecular complexity index is 192. The van der Waals surface area contributed by atoms with Crippen LogP contribution in [0.3, 0.4) is 0 Å². The van der Waals surface area contributed by atoms with Gasteiger partial charge in [-0.2, -0.15) is 11.8 Å². The number of rotatable bonds is 6. The zero-order valence-electron chi connectivity index (χ0n) is 10.7. The molecule has 3 atom stereocenters. The van der Waals surface area contributed by atoms with Crippen molar-refractivity contribution in [2.75, 3.05) is 38.8 Å². The predicted octanol–water partition coefficient (Wildman–Crippen LogP) is 1.46. The number of hydrogen-bond donors (Lipinski definition) is 1. The molecule has 1 fully saturated rings. The van der Waals surface area contributed by atoms with E-state index in [1.807, 2.05) is 11.8 Å². The van der Waals surface area contributed by atoms with E-state index in [2.05, 4.69) is 25.1 Å². The summed E-state index contributed by atoms with van der Waals surface area (Å²) >= 11 is 1.89. The van der Waals surface area contributed by atoms with Gasteiger partial charge >= 0.3 is 0 Å². The van der Waals surface area contributed by atoms with Crippen molar-refractivity contribution in [2.45, 2.75) is 31.9 Å². The maximum absolute atomic E-state index is 9.89. The van der Waals surface area contributed by atoms with Crippen LogP contribution in [0.15, 0.2) is 0 Å². The molecule has 1 aliphatic rings. The van der Waals surface area contributed by atoms with E-state index < -0.39 is 0 Å². The molecule has 0 aliphatic carbocycles. The molecule has 1 N–H and O–H groups in total. The first-order valence-corrected chi connectivity index (χ1v) is 7.53. The fourth-order valence-corrected chi connectivity index (χ4v) is 3.10. The number of aliphatic hydroxyl groups excluding tert-OH is 1. The zero-order chi connectivity index (χ0) is 12.0. The molecule has 3 nitrogen and oxygen atoms in total. The van der Waals surface area contributed by atoms with E-state index in [0.717, 1.165) is 18.7 Å². The second kappa shape index (κ2) is 7.54. The maximum atomic E-state index is 9.89. The van der Waals surface area contributed by atoms with Gasteiger partial charge in [0.1, 0.15) is 0 Å². The molecule has 1 saturated heterocycles. The van der Waals surface area contributed by atoms with E-state index in [4.69, 9.17) is 4.74 Å². The first-order valence-electron chi connectivity index (χ1n) is 6.14. The maximum Gasteiger partial charge on any atom is 0.0624 e. The molecule has 0 aromatic rings. The standard InChI is InChI=1S/C12H25NO2S/c1-4-11(9-16-3)13(2)7-10-8-15-6-5-12(10)14/h10-12,14H,4-9H2,1-3H3. The summed E-state index contributed by atoms with van der Waals surface area (Å²) in [6, 6.07) is 0.615. The van der Waals surface area contributed by atoms with Gasteiger partial charge in [0.05, 0.1) is 12.7 Å². The van der Waals surface area contributed by atoms with Crippen LogP contribution in [-0.4, -0.2) is 61.0 Å². The van der Waals surface area contributed by atoms with Gasteiger partial charge in [-0.1, -0.05) is 6.92 Å². The summed E-state index contributed by atoms with van der Waals surface area (Å²) in [7, 11) is 2.16. The van der Waals surface area contributed by atoms with E-state index >= 15 is 0 Å². The van der Waals surface area contributed by atoms with Gasteiger partial charge in [0.25, 0.3) is 0 Å². The van der Waals surface area contributed by atoms with E-state index in [-0.39, 0.29) is 12.0 Å². The first-order chi connectivity index (χ1) is 7.69. The summed E-state index contributed by atoms with van der Waals surface area (Å²) in [6.07, 6.45) is 3.93. The lowest BCUT2D eigenvalue weighted by Gasteiger charge is -2.34. The largest absolute Gasteiger partial charge is 0.393 e. The highest BCUT2D eigenvalue weighted by Gasteiger charge is 2.26. The fourth-order valence-electron chi connectivity index (χ4n) is 2.23. The van der Waals surface area contributed by atoms with Crippen LogP contribution in [0.5, 0.6) is 0 Å². The number of aliphatic hydroxyl groups is 1. The molecule has 1 heterocycles.